The molecule has 0 aliphatic carbocycles. The standard InChI is InChI=1S/C30H32N6O5S/c37-28(21-8-10-22(11-9-21)35-14-16-41-17-15-35)32-27-26-24(36(33-27)30(39)40)18-25(42-26)29(38)31-23(19-34-12-4-5-13-34)20-6-2-1-3-7-20/h1-3,6-11,18,23H,4-5,12-17,19H2,(H,31,38)(H,39,40)(H,32,33,37)/t23-/m1/s1. The van der Waals surface area contributed by atoms with E-state index in [0.29, 0.717) is 34.9 Å². The van der Waals surface area contributed by atoms with Gasteiger partial charge in [-0.05, 0) is 61.8 Å². The molecule has 0 saturated carbocycles. The molecule has 0 unspecified atom stereocenters. The number of aromatic nitrogens is 2. The molecule has 6 rings (SSSR count). The maximum absolute atomic E-state index is 13.5. The minimum atomic E-state index is -1.31. The Kier molecular flexibility index (Phi) is 8.17. The van der Waals surface area contributed by atoms with Crippen LogP contribution in [0.25, 0.3) is 10.2 Å². The zero-order valence-electron chi connectivity index (χ0n) is 23.0. The van der Waals surface area contributed by atoms with Crippen molar-refractivity contribution in [3.05, 3.63) is 76.7 Å². The zero-order valence-corrected chi connectivity index (χ0v) is 23.8. The van der Waals surface area contributed by atoms with Crippen LogP contribution < -0.4 is 15.5 Å². The third-order valence-corrected chi connectivity index (χ3v) is 8.77. The van der Waals surface area contributed by atoms with Crippen LogP contribution >= 0.6 is 11.3 Å². The van der Waals surface area contributed by atoms with Gasteiger partial charge in [0, 0.05) is 30.9 Å². The molecule has 0 radical (unpaired) electrons. The normalized spacial score (nSPS) is 16.4. The van der Waals surface area contributed by atoms with Crippen LogP contribution in [0.15, 0.2) is 60.7 Å². The Labute approximate surface area is 246 Å². The Hall–Kier alpha value is -4.26. The summed E-state index contributed by atoms with van der Waals surface area (Å²) < 4.78 is 6.61. The van der Waals surface area contributed by atoms with Crippen molar-refractivity contribution in [1.29, 1.82) is 0 Å². The van der Waals surface area contributed by atoms with E-state index in [1.807, 2.05) is 42.5 Å². The molecule has 2 aliphatic rings. The maximum Gasteiger partial charge on any atom is 0.432 e. The summed E-state index contributed by atoms with van der Waals surface area (Å²) in [6.07, 6.45) is 0.977. The van der Waals surface area contributed by atoms with Gasteiger partial charge in [-0.25, -0.2) is 4.79 Å². The first-order chi connectivity index (χ1) is 20.5. The van der Waals surface area contributed by atoms with Crippen molar-refractivity contribution in [2.24, 2.45) is 0 Å². The lowest BCUT2D eigenvalue weighted by molar-refractivity contribution is 0.0930. The lowest BCUT2D eigenvalue weighted by atomic mass is 10.1. The summed E-state index contributed by atoms with van der Waals surface area (Å²) in [6.45, 7) is 5.58. The Balaban J connectivity index is 1.22. The second kappa shape index (κ2) is 12.3. The van der Waals surface area contributed by atoms with Crippen molar-refractivity contribution in [2.75, 3.05) is 56.2 Å². The molecule has 42 heavy (non-hydrogen) atoms. The van der Waals surface area contributed by atoms with Crippen LogP contribution in [-0.4, -0.2) is 83.6 Å². The van der Waals surface area contributed by atoms with E-state index in [4.69, 9.17) is 4.74 Å². The lowest BCUT2D eigenvalue weighted by Gasteiger charge is -2.28. The van der Waals surface area contributed by atoms with Gasteiger partial charge in [-0.1, -0.05) is 30.3 Å². The van der Waals surface area contributed by atoms with Crippen LogP contribution in [0.3, 0.4) is 0 Å². The summed E-state index contributed by atoms with van der Waals surface area (Å²) in [7, 11) is 0. The summed E-state index contributed by atoms with van der Waals surface area (Å²) in [5, 5.41) is 19.8. The Bertz CT molecular complexity index is 1570. The summed E-state index contributed by atoms with van der Waals surface area (Å²) in [6, 6.07) is 18.3. The number of nitrogens with one attached hydrogen (secondary N) is 2. The number of amides is 2. The molecular formula is C30H32N6O5S. The number of fused-ring (bicyclic) bond motifs is 1. The molecular weight excluding hydrogens is 556 g/mol. The number of carbonyl (C=O) groups is 3. The number of anilines is 2. The van der Waals surface area contributed by atoms with Gasteiger partial charge in [0.25, 0.3) is 11.8 Å². The van der Waals surface area contributed by atoms with Gasteiger partial charge in [-0.15, -0.1) is 16.4 Å². The smallest absolute Gasteiger partial charge is 0.432 e. The van der Waals surface area contributed by atoms with Crippen molar-refractivity contribution >= 4 is 51.0 Å². The number of nitrogens with zero attached hydrogens (tertiary/aromatic N) is 4. The van der Waals surface area contributed by atoms with Gasteiger partial charge in [0.15, 0.2) is 5.82 Å². The van der Waals surface area contributed by atoms with Gasteiger partial charge >= 0.3 is 6.09 Å². The zero-order chi connectivity index (χ0) is 29.1. The van der Waals surface area contributed by atoms with Crippen LogP contribution in [0, 0.1) is 0 Å². The summed E-state index contributed by atoms with van der Waals surface area (Å²) >= 11 is 1.10. The minimum absolute atomic E-state index is 0.0929. The third kappa shape index (κ3) is 6.01. The van der Waals surface area contributed by atoms with Gasteiger partial charge in [-0.2, -0.15) is 4.68 Å². The Morgan fingerprint density at radius 1 is 0.952 bits per heavy atom. The maximum atomic E-state index is 13.5. The molecule has 12 heteroatoms. The van der Waals surface area contributed by atoms with Crippen molar-refractivity contribution in [2.45, 2.75) is 18.9 Å². The number of ether oxygens (including phenoxy) is 1. The molecule has 0 spiro atoms. The molecule has 3 N–H and O–H groups in total. The van der Waals surface area contributed by atoms with Crippen molar-refractivity contribution in [3.8, 4) is 0 Å². The number of rotatable bonds is 8. The molecule has 2 aliphatic heterocycles. The van der Waals surface area contributed by atoms with Gasteiger partial charge in [-0.3, -0.25) is 9.59 Å². The fourth-order valence-electron chi connectivity index (χ4n) is 5.44. The van der Waals surface area contributed by atoms with Crippen molar-refractivity contribution in [1.82, 2.24) is 20.0 Å². The van der Waals surface area contributed by atoms with Crippen molar-refractivity contribution in [3.63, 3.8) is 0 Å². The number of hydrogen-bond donors (Lipinski definition) is 3. The average molecular weight is 589 g/mol. The summed E-state index contributed by atoms with van der Waals surface area (Å²) in [4.78, 5) is 43.4. The highest BCUT2D eigenvalue weighted by Crippen LogP contribution is 2.33. The van der Waals surface area contributed by atoms with Crippen molar-refractivity contribution < 1.29 is 24.2 Å². The van der Waals surface area contributed by atoms with E-state index in [1.54, 1.807) is 12.1 Å². The average Bonchev–Trinajstić information content (AvgIpc) is 3.76. The molecule has 1 atom stereocenters. The van der Waals surface area contributed by atoms with Gasteiger partial charge in [0.2, 0.25) is 0 Å². The van der Waals surface area contributed by atoms with Crippen LogP contribution in [0.1, 0.15) is 44.5 Å². The first kappa shape index (κ1) is 27.9. The largest absolute Gasteiger partial charge is 0.463 e. The van der Waals surface area contributed by atoms with Gasteiger partial charge < -0.3 is 30.3 Å². The molecule has 11 nitrogen and oxygen atoms in total. The molecule has 2 fully saturated rings. The highest BCUT2D eigenvalue weighted by atomic mass is 32.1. The topological polar surface area (TPSA) is 129 Å². The second-order valence-electron chi connectivity index (χ2n) is 10.4. The van der Waals surface area contributed by atoms with E-state index in [0.717, 1.165) is 66.3 Å². The number of morpholine rings is 1. The molecule has 0 bridgehead atoms. The number of hydrogen-bond acceptors (Lipinski definition) is 8. The number of carboxylic acid groups (broad SMARTS) is 1. The van der Waals surface area contributed by atoms with E-state index < -0.39 is 12.0 Å². The van der Waals surface area contributed by atoms with E-state index in [1.165, 1.54) is 6.07 Å². The molecule has 218 valence electrons. The first-order valence-electron chi connectivity index (χ1n) is 14.0. The SMILES string of the molecule is O=C(Nc1nn(C(=O)O)c2cc(C(=O)N[C@H](CN3CCCC3)c3ccccc3)sc12)c1ccc(N2CCOCC2)cc1. The molecule has 2 saturated heterocycles. The molecule has 2 aromatic carbocycles. The molecule has 4 aromatic rings. The number of carbonyl (C=O) groups excluding carboxylic acids is 2. The summed E-state index contributed by atoms with van der Waals surface area (Å²) in [5.41, 5.74) is 2.65. The highest BCUT2D eigenvalue weighted by molar-refractivity contribution is 7.21. The molecule has 2 aromatic heterocycles. The Morgan fingerprint density at radius 2 is 1.67 bits per heavy atom. The minimum Gasteiger partial charge on any atom is -0.463 e. The monoisotopic (exact) mass is 588 g/mol. The predicted octanol–water partition coefficient (Wildman–Crippen LogP) is 4.28. The van der Waals surface area contributed by atoms with Gasteiger partial charge in [0.1, 0.15) is 0 Å². The van der Waals surface area contributed by atoms with Crippen LogP contribution in [0.4, 0.5) is 16.3 Å². The van der Waals surface area contributed by atoms with E-state index in [-0.39, 0.29) is 23.3 Å². The summed E-state index contributed by atoms with van der Waals surface area (Å²) in [5.74, 6) is -0.637. The third-order valence-electron chi connectivity index (χ3n) is 7.65. The molecule has 4 heterocycles. The van der Waals surface area contributed by atoms with E-state index in [2.05, 4.69) is 25.5 Å². The second-order valence-corrected chi connectivity index (χ2v) is 11.5. The highest BCUT2D eigenvalue weighted by Gasteiger charge is 2.25. The van der Waals surface area contributed by atoms with E-state index in [9.17, 15) is 19.5 Å². The van der Waals surface area contributed by atoms with Crippen LogP contribution in [0.2, 0.25) is 0 Å². The Morgan fingerprint density at radius 3 is 2.36 bits per heavy atom. The fraction of sp³-hybridized carbons (Fsp3) is 0.333. The van der Waals surface area contributed by atoms with Gasteiger partial charge in [0.05, 0.1) is 34.3 Å². The number of likely N-dealkylation sites (tertiary alicyclic amines) is 1. The number of thiophene rings is 1. The lowest BCUT2D eigenvalue weighted by Crippen LogP contribution is -2.36. The molecule has 2 amide bonds. The predicted molar refractivity (Wildman–Crippen MR) is 161 cm³/mol. The van der Waals surface area contributed by atoms with E-state index >= 15 is 0 Å². The first-order valence-corrected chi connectivity index (χ1v) is 14.9. The van der Waals surface area contributed by atoms with Crippen LogP contribution in [-0.2, 0) is 4.74 Å². The van der Waals surface area contributed by atoms with Crippen LogP contribution in [0.5, 0.6) is 0 Å². The number of benzene rings is 2. The quantitative estimate of drug-likeness (QED) is 0.278. The fourth-order valence-corrected chi connectivity index (χ4v) is 6.43.